The number of nitrogens with two attached hydrogens (primary N) is 1. The molecule has 2 aliphatic carbocycles. The fourth-order valence-electron chi connectivity index (χ4n) is 8.76. The van der Waals surface area contributed by atoms with Crippen LogP contribution in [0.2, 0.25) is 10.0 Å². The number of carbonyl (C=O) groups excluding carboxylic acids is 5. The Hall–Kier alpha value is -4.52. The zero-order valence-electron chi connectivity index (χ0n) is 26.4. The first-order chi connectivity index (χ1) is 23.2. The smallest absolute Gasteiger partial charge is 0.328 e. The average Bonchev–Trinajstić information content (AvgIpc) is 3.71. The van der Waals surface area contributed by atoms with E-state index in [9.17, 15) is 29.1 Å². The normalized spacial score (nSPS) is 27.9. The molecule has 2 aromatic heterocycles. The highest BCUT2D eigenvalue weighted by molar-refractivity contribution is 7.22. The van der Waals surface area contributed by atoms with Gasteiger partial charge in [0.15, 0.2) is 0 Å². The topological polar surface area (TPSA) is 156 Å². The molecular formula is C35H29Cl2N5O6S. The second kappa shape index (κ2) is 10.7. The van der Waals surface area contributed by atoms with Crippen LogP contribution in [0.5, 0.6) is 5.75 Å². The lowest BCUT2D eigenvalue weighted by Gasteiger charge is -2.49. The number of aromatic hydroxyl groups is 1. The number of rotatable bonds is 3. The molecule has 1 saturated carbocycles. The molecule has 3 fully saturated rings. The molecule has 6 amide bonds. The van der Waals surface area contributed by atoms with Gasteiger partial charge in [0.05, 0.1) is 28.0 Å². The maximum Gasteiger partial charge on any atom is 0.328 e. The summed E-state index contributed by atoms with van der Waals surface area (Å²) in [4.78, 5) is 71.0. The van der Waals surface area contributed by atoms with Crippen LogP contribution in [0, 0.1) is 36.0 Å². The number of urea groups is 1. The molecule has 250 valence electrons. The lowest BCUT2D eigenvalue weighted by atomic mass is 9.51. The lowest BCUT2D eigenvalue weighted by molar-refractivity contribution is -0.136. The summed E-state index contributed by atoms with van der Waals surface area (Å²) < 4.78 is 2.53. The molecule has 6 atom stereocenters. The van der Waals surface area contributed by atoms with E-state index in [-0.39, 0.29) is 29.4 Å². The summed E-state index contributed by atoms with van der Waals surface area (Å²) in [5, 5.41) is 16.7. The van der Waals surface area contributed by atoms with Crippen molar-refractivity contribution in [3.63, 3.8) is 0 Å². The van der Waals surface area contributed by atoms with Crippen molar-refractivity contribution < 1.29 is 29.1 Å². The Balaban J connectivity index is 1.26. The molecule has 0 radical (unpaired) electrons. The second-order valence-electron chi connectivity index (χ2n) is 13.4. The van der Waals surface area contributed by atoms with E-state index < -0.39 is 64.7 Å². The maximum absolute atomic E-state index is 14.9. The van der Waals surface area contributed by atoms with Gasteiger partial charge in [-0.3, -0.25) is 23.9 Å². The Morgan fingerprint density at radius 1 is 1.04 bits per heavy atom. The third-order valence-corrected chi connectivity index (χ3v) is 12.9. The van der Waals surface area contributed by atoms with E-state index in [0.717, 1.165) is 20.5 Å². The third kappa shape index (κ3) is 4.26. The van der Waals surface area contributed by atoms with Gasteiger partial charge in [0.1, 0.15) is 17.3 Å². The SMILES string of the molecule is Cc1c(-c2cc(N3C(=O)[C@@H]4C[C@@H]5C(=CC[C@@H]6C(=O)N(C(N)=O)C(=O)[C@@H]65)[C@H](c5ccc(O)cc5Cl)[C@]4(C)C3=O)n(C)n2)sc2ccc(Cl)cc12. The van der Waals surface area contributed by atoms with Crippen molar-refractivity contribution in [1.82, 2.24) is 14.7 Å². The number of nitrogens with zero attached hydrogens (tertiary/aromatic N) is 4. The molecule has 0 spiro atoms. The summed E-state index contributed by atoms with van der Waals surface area (Å²) in [7, 11) is 1.67. The van der Waals surface area contributed by atoms with E-state index in [4.69, 9.17) is 34.0 Å². The molecule has 0 bridgehead atoms. The molecule has 11 nitrogen and oxygen atoms in total. The predicted octanol–water partition coefficient (Wildman–Crippen LogP) is 5.93. The highest BCUT2D eigenvalue weighted by Crippen LogP contribution is 2.64. The van der Waals surface area contributed by atoms with Crippen LogP contribution in [0.1, 0.15) is 36.8 Å². The number of amides is 6. The Bertz CT molecular complexity index is 2240. The van der Waals surface area contributed by atoms with Gasteiger partial charge in [0, 0.05) is 33.8 Å². The average molecular weight is 719 g/mol. The number of phenols is 1. The van der Waals surface area contributed by atoms with E-state index in [2.05, 4.69) is 0 Å². The van der Waals surface area contributed by atoms with Crippen molar-refractivity contribution in [2.24, 2.45) is 41.9 Å². The Kier molecular flexibility index (Phi) is 6.95. The first-order valence-electron chi connectivity index (χ1n) is 15.7. The van der Waals surface area contributed by atoms with E-state index >= 15 is 0 Å². The first-order valence-corrected chi connectivity index (χ1v) is 17.3. The number of benzene rings is 2. The highest BCUT2D eigenvalue weighted by Gasteiger charge is 2.68. The number of thiophene rings is 1. The number of hydrogen-bond acceptors (Lipinski definition) is 8. The quantitative estimate of drug-likeness (QED) is 0.197. The number of aryl methyl sites for hydroxylation is 2. The number of primary amides is 1. The van der Waals surface area contributed by atoms with Gasteiger partial charge in [-0.15, -0.1) is 11.3 Å². The molecule has 4 aromatic rings. The number of fused-ring (bicyclic) bond motifs is 5. The highest BCUT2D eigenvalue weighted by atomic mass is 35.5. The summed E-state index contributed by atoms with van der Waals surface area (Å²) in [5.41, 5.74) is 6.83. The zero-order chi connectivity index (χ0) is 34.8. The van der Waals surface area contributed by atoms with Crippen molar-refractivity contribution in [3.8, 4) is 16.3 Å². The van der Waals surface area contributed by atoms with Crippen LogP contribution in [-0.2, 0) is 26.2 Å². The van der Waals surface area contributed by atoms with E-state index in [1.165, 1.54) is 33.1 Å². The molecule has 4 heterocycles. The Labute approximate surface area is 293 Å². The summed E-state index contributed by atoms with van der Waals surface area (Å²) in [6.45, 7) is 3.72. The fourth-order valence-corrected chi connectivity index (χ4v) is 10.4. The number of allylic oxidation sites excluding steroid dienone is 2. The minimum Gasteiger partial charge on any atom is -0.508 e. The van der Waals surface area contributed by atoms with Gasteiger partial charge in [0.25, 0.3) is 0 Å². The molecule has 14 heteroatoms. The molecule has 4 aliphatic rings. The second-order valence-corrected chi connectivity index (χ2v) is 15.3. The van der Waals surface area contributed by atoms with Crippen LogP contribution in [0.15, 0.2) is 54.1 Å². The maximum atomic E-state index is 14.9. The van der Waals surface area contributed by atoms with E-state index in [1.807, 2.05) is 31.2 Å². The molecule has 8 rings (SSSR count). The van der Waals surface area contributed by atoms with Crippen molar-refractivity contribution in [1.29, 1.82) is 0 Å². The standard InChI is InChI=1S/C35H29Cl2N5O6S/c1-14-20-10-15(36)4-9-25(20)49-29(14)24-13-26(40(3)39-24)41-31(45)22-12-21-17(7-8-19-27(21)32(46)42(30(19)44)34(38)48)28(35(22,2)33(41)47)18-6-5-16(43)11-23(18)37/h4-7,9-11,13,19,21-22,27-28,43H,8,12H2,1-3H3,(H2,38,48)/t19-,21+,22-,27-,28+,35+/m0/s1. The van der Waals surface area contributed by atoms with Crippen LogP contribution in [0.25, 0.3) is 20.7 Å². The number of phenolic OH excluding ortho intramolecular Hbond substituents is 1. The van der Waals surface area contributed by atoms with Gasteiger partial charge in [-0.05, 0) is 79.5 Å². The van der Waals surface area contributed by atoms with Crippen LogP contribution in [0.4, 0.5) is 10.6 Å². The number of hydrogen-bond donors (Lipinski definition) is 2. The summed E-state index contributed by atoms with van der Waals surface area (Å²) in [5.74, 6) is -6.22. The zero-order valence-corrected chi connectivity index (χ0v) is 28.8. The van der Waals surface area contributed by atoms with E-state index in [0.29, 0.717) is 26.8 Å². The number of likely N-dealkylation sites (tertiary alicyclic amines) is 1. The number of halogens is 2. The molecule has 49 heavy (non-hydrogen) atoms. The largest absolute Gasteiger partial charge is 0.508 e. The Morgan fingerprint density at radius 2 is 1.80 bits per heavy atom. The molecule has 0 unspecified atom stereocenters. The van der Waals surface area contributed by atoms with Crippen molar-refractivity contribution in [3.05, 3.63) is 75.3 Å². The van der Waals surface area contributed by atoms with Crippen molar-refractivity contribution in [2.75, 3.05) is 4.90 Å². The van der Waals surface area contributed by atoms with Crippen LogP contribution in [-0.4, -0.2) is 49.4 Å². The van der Waals surface area contributed by atoms with Gasteiger partial charge in [0.2, 0.25) is 23.6 Å². The van der Waals surface area contributed by atoms with Crippen LogP contribution in [0.3, 0.4) is 0 Å². The number of aromatic nitrogens is 2. The molecule has 2 saturated heterocycles. The van der Waals surface area contributed by atoms with Gasteiger partial charge in [-0.2, -0.15) is 10.00 Å². The number of anilines is 1. The molecule has 2 aromatic carbocycles. The van der Waals surface area contributed by atoms with E-state index in [1.54, 1.807) is 26.1 Å². The van der Waals surface area contributed by atoms with Gasteiger partial charge < -0.3 is 10.8 Å². The van der Waals surface area contributed by atoms with Crippen LogP contribution < -0.4 is 10.6 Å². The minimum atomic E-state index is -1.36. The molecule has 3 N–H and O–H groups in total. The first kappa shape index (κ1) is 31.7. The minimum absolute atomic E-state index is 0.0779. The lowest BCUT2D eigenvalue weighted by Crippen LogP contribution is -2.49. The molecular weight excluding hydrogens is 689 g/mol. The van der Waals surface area contributed by atoms with Crippen molar-refractivity contribution >= 4 is 80.1 Å². The molecule has 2 aliphatic heterocycles. The van der Waals surface area contributed by atoms with Gasteiger partial charge >= 0.3 is 6.03 Å². The van der Waals surface area contributed by atoms with Crippen LogP contribution >= 0.6 is 34.5 Å². The monoisotopic (exact) mass is 717 g/mol. The van der Waals surface area contributed by atoms with Gasteiger partial charge in [-0.25, -0.2) is 9.69 Å². The summed E-state index contributed by atoms with van der Waals surface area (Å²) in [6, 6.07) is 10.7. The number of carbonyl (C=O) groups is 5. The van der Waals surface area contributed by atoms with Crippen molar-refractivity contribution in [2.45, 2.75) is 32.6 Å². The number of imide groups is 4. The predicted molar refractivity (Wildman–Crippen MR) is 183 cm³/mol. The fraction of sp³-hybridized carbons (Fsp3) is 0.314. The summed E-state index contributed by atoms with van der Waals surface area (Å²) in [6.07, 6.45) is 2.08. The Morgan fingerprint density at radius 3 is 2.51 bits per heavy atom. The summed E-state index contributed by atoms with van der Waals surface area (Å²) >= 11 is 14.6. The third-order valence-electron chi connectivity index (χ3n) is 11.0. The van der Waals surface area contributed by atoms with Gasteiger partial charge in [-0.1, -0.05) is 40.9 Å².